The highest BCUT2D eigenvalue weighted by molar-refractivity contribution is 5.81. The summed E-state index contributed by atoms with van der Waals surface area (Å²) in [5, 5.41) is 8.25. The molecule has 0 unspecified atom stereocenters. The zero-order valence-corrected chi connectivity index (χ0v) is 11.7. The van der Waals surface area contributed by atoms with Crippen LogP contribution in [0.3, 0.4) is 0 Å². The molecule has 0 radical (unpaired) electrons. The number of nitrogens with zero attached hydrogens (tertiary/aromatic N) is 4. The molecule has 2 heterocycles. The fourth-order valence-electron chi connectivity index (χ4n) is 2.39. The summed E-state index contributed by atoms with van der Waals surface area (Å²) < 4.78 is 1.83. The maximum atomic E-state index is 12.3. The maximum Gasteiger partial charge on any atom is 0.227 e. The number of fused-ring (bicyclic) bond motifs is 1. The highest BCUT2D eigenvalue weighted by Gasteiger charge is 2.28. The van der Waals surface area contributed by atoms with Gasteiger partial charge in [0, 0.05) is 32.0 Å². The average molecular weight is 250 g/mol. The van der Waals surface area contributed by atoms with Crippen molar-refractivity contribution in [1.82, 2.24) is 19.9 Å². The molecule has 0 fully saturated rings. The SMILES string of the molecule is Cn1nnc2c1CCN(C(=O)C(C)(C)C)CCC2. The van der Waals surface area contributed by atoms with Gasteiger partial charge in [0.2, 0.25) is 5.91 Å². The molecule has 2 rings (SSSR count). The zero-order valence-electron chi connectivity index (χ0n) is 11.7. The molecule has 0 saturated carbocycles. The number of hydrogen-bond donors (Lipinski definition) is 0. The van der Waals surface area contributed by atoms with Crippen LogP contribution in [0.1, 0.15) is 38.6 Å². The standard InChI is InChI=1S/C13H22N4O/c1-13(2,3)12(18)17-8-5-6-10-11(7-9-17)16(4)15-14-10/h5-9H2,1-4H3. The first kappa shape index (κ1) is 13.1. The molecule has 18 heavy (non-hydrogen) atoms. The van der Waals surface area contributed by atoms with Crippen LogP contribution in [0.4, 0.5) is 0 Å². The van der Waals surface area contributed by atoms with Crippen molar-refractivity contribution in [3.8, 4) is 0 Å². The quantitative estimate of drug-likeness (QED) is 0.694. The van der Waals surface area contributed by atoms with Gasteiger partial charge in [-0.25, -0.2) is 0 Å². The number of carbonyl (C=O) groups excluding carboxylic acids is 1. The summed E-state index contributed by atoms with van der Waals surface area (Å²) in [7, 11) is 1.92. The van der Waals surface area contributed by atoms with Crippen molar-refractivity contribution < 1.29 is 4.79 Å². The first-order valence-electron chi connectivity index (χ1n) is 6.56. The molecule has 100 valence electrons. The predicted octanol–water partition coefficient (Wildman–Crippen LogP) is 1.18. The minimum Gasteiger partial charge on any atom is -0.342 e. The van der Waals surface area contributed by atoms with Gasteiger partial charge >= 0.3 is 0 Å². The summed E-state index contributed by atoms with van der Waals surface area (Å²) in [5.74, 6) is 0.237. The summed E-state index contributed by atoms with van der Waals surface area (Å²) in [4.78, 5) is 14.3. The van der Waals surface area contributed by atoms with Gasteiger partial charge in [0.05, 0.1) is 11.4 Å². The number of carbonyl (C=O) groups is 1. The highest BCUT2D eigenvalue weighted by atomic mass is 16.2. The summed E-state index contributed by atoms with van der Waals surface area (Å²) >= 11 is 0. The highest BCUT2D eigenvalue weighted by Crippen LogP contribution is 2.20. The van der Waals surface area contributed by atoms with Crippen molar-refractivity contribution in [3.63, 3.8) is 0 Å². The molecule has 0 aromatic carbocycles. The fraction of sp³-hybridized carbons (Fsp3) is 0.769. The van der Waals surface area contributed by atoms with E-state index < -0.39 is 0 Å². The van der Waals surface area contributed by atoms with Gasteiger partial charge in [0.25, 0.3) is 0 Å². The second kappa shape index (κ2) is 4.71. The van der Waals surface area contributed by atoms with Crippen LogP contribution in [0.15, 0.2) is 0 Å². The van der Waals surface area contributed by atoms with Gasteiger partial charge in [-0.3, -0.25) is 9.48 Å². The molecule has 0 bridgehead atoms. The van der Waals surface area contributed by atoms with Gasteiger partial charge in [0.1, 0.15) is 0 Å². The molecular weight excluding hydrogens is 228 g/mol. The molecule has 1 aliphatic heterocycles. The van der Waals surface area contributed by atoms with Crippen molar-refractivity contribution in [2.75, 3.05) is 13.1 Å². The zero-order chi connectivity index (χ0) is 13.3. The third-order valence-corrected chi connectivity index (χ3v) is 3.41. The Morgan fingerprint density at radius 3 is 2.61 bits per heavy atom. The van der Waals surface area contributed by atoms with Gasteiger partial charge in [-0.1, -0.05) is 26.0 Å². The number of aromatic nitrogens is 3. The molecule has 0 aliphatic carbocycles. The number of amides is 1. The van der Waals surface area contributed by atoms with Crippen LogP contribution in [-0.2, 0) is 24.7 Å². The minimum atomic E-state index is -0.299. The van der Waals surface area contributed by atoms with Crippen molar-refractivity contribution in [2.24, 2.45) is 12.5 Å². The van der Waals surface area contributed by atoms with E-state index in [1.165, 1.54) is 5.69 Å². The lowest BCUT2D eigenvalue weighted by molar-refractivity contribution is -0.139. The largest absolute Gasteiger partial charge is 0.342 e. The molecule has 0 saturated heterocycles. The van der Waals surface area contributed by atoms with Crippen LogP contribution in [0, 0.1) is 5.41 Å². The van der Waals surface area contributed by atoms with Crippen molar-refractivity contribution in [2.45, 2.75) is 40.0 Å². The third kappa shape index (κ3) is 2.54. The van der Waals surface area contributed by atoms with E-state index in [1.807, 2.05) is 37.4 Å². The van der Waals surface area contributed by atoms with E-state index in [0.29, 0.717) is 0 Å². The van der Waals surface area contributed by atoms with Crippen LogP contribution in [0.2, 0.25) is 0 Å². The summed E-state index contributed by atoms with van der Waals surface area (Å²) in [5.41, 5.74) is 1.97. The molecule has 1 amide bonds. The van der Waals surface area contributed by atoms with Gasteiger partial charge < -0.3 is 4.90 Å². The Morgan fingerprint density at radius 1 is 1.22 bits per heavy atom. The molecule has 5 nitrogen and oxygen atoms in total. The Morgan fingerprint density at radius 2 is 1.94 bits per heavy atom. The fourth-order valence-corrected chi connectivity index (χ4v) is 2.39. The third-order valence-electron chi connectivity index (χ3n) is 3.41. The van der Waals surface area contributed by atoms with Gasteiger partial charge in [-0.05, 0) is 12.8 Å². The molecule has 1 aromatic heterocycles. The summed E-state index contributed by atoms with van der Waals surface area (Å²) in [6.45, 7) is 7.53. The van der Waals surface area contributed by atoms with Crippen molar-refractivity contribution >= 4 is 5.91 Å². The molecule has 0 N–H and O–H groups in total. The van der Waals surface area contributed by atoms with Crippen LogP contribution in [0.25, 0.3) is 0 Å². The van der Waals surface area contributed by atoms with Gasteiger partial charge in [-0.15, -0.1) is 5.10 Å². The van der Waals surface area contributed by atoms with E-state index in [-0.39, 0.29) is 11.3 Å². The Kier molecular flexibility index (Phi) is 3.41. The minimum absolute atomic E-state index is 0.237. The monoisotopic (exact) mass is 250 g/mol. The normalized spacial score (nSPS) is 17.0. The average Bonchev–Trinajstić information content (AvgIpc) is 2.57. The summed E-state index contributed by atoms with van der Waals surface area (Å²) in [6.07, 6.45) is 2.73. The topological polar surface area (TPSA) is 51.0 Å². The Labute approximate surface area is 108 Å². The van der Waals surface area contributed by atoms with E-state index in [1.54, 1.807) is 0 Å². The van der Waals surface area contributed by atoms with Crippen LogP contribution < -0.4 is 0 Å². The first-order valence-corrected chi connectivity index (χ1v) is 6.56. The molecular formula is C13H22N4O. The van der Waals surface area contributed by atoms with Crippen LogP contribution in [-0.4, -0.2) is 38.9 Å². The van der Waals surface area contributed by atoms with Crippen LogP contribution >= 0.6 is 0 Å². The molecule has 0 spiro atoms. The number of rotatable bonds is 0. The lowest BCUT2D eigenvalue weighted by Crippen LogP contribution is -2.42. The second-order valence-corrected chi connectivity index (χ2v) is 6.00. The number of aryl methyl sites for hydroxylation is 2. The van der Waals surface area contributed by atoms with E-state index in [0.717, 1.165) is 38.0 Å². The lowest BCUT2D eigenvalue weighted by atomic mass is 9.94. The van der Waals surface area contributed by atoms with E-state index in [4.69, 9.17) is 0 Å². The van der Waals surface area contributed by atoms with Crippen molar-refractivity contribution in [3.05, 3.63) is 11.4 Å². The Bertz CT molecular complexity index is 444. The molecule has 5 heteroatoms. The van der Waals surface area contributed by atoms with E-state index in [9.17, 15) is 4.79 Å². The first-order chi connectivity index (χ1) is 8.39. The van der Waals surface area contributed by atoms with Gasteiger partial charge in [0.15, 0.2) is 0 Å². The van der Waals surface area contributed by atoms with E-state index in [2.05, 4.69) is 10.3 Å². The second-order valence-electron chi connectivity index (χ2n) is 6.00. The maximum absolute atomic E-state index is 12.3. The Hall–Kier alpha value is -1.39. The molecule has 1 aromatic rings. The Balaban J connectivity index is 2.13. The van der Waals surface area contributed by atoms with Crippen LogP contribution in [0.5, 0.6) is 0 Å². The lowest BCUT2D eigenvalue weighted by Gasteiger charge is -2.30. The number of hydrogen-bond acceptors (Lipinski definition) is 3. The van der Waals surface area contributed by atoms with Crippen molar-refractivity contribution in [1.29, 1.82) is 0 Å². The predicted molar refractivity (Wildman–Crippen MR) is 69.1 cm³/mol. The molecule has 0 atom stereocenters. The van der Waals surface area contributed by atoms with Gasteiger partial charge in [-0.2, -0.15) is 0 Å². The van der Waals surface area contributed by atoms with E-state index >= 15 is 0 Å². The summed E-state index contributed by atoms with van der Waals surface area (Å²) in [6, 6.07) is 0. The smallest absolute Gasteiger partial charge is 0.227 e. The molecule has 1 aliphatic rings.